The molecule has 106 valence electrons. The van der Waals surface area contributed by atoms with Gasteiger partial charge in [0, 0.05) is 12.0 Å². The smallest absolute Gasteiger partial charge is 0.162 e. The summed E-state index contributed by atoms with van der Waals surface area (Å²) >= 11 is 0. The van der Waals surface area contributed by atoms with Gasteiger partial charge in [0.1, 0.15) is 0 Å². The van der Waals surface area contributed by atoms with Crippen molar-refractivity contribution in [3.05, 3.63) is 53.6 Å². The molecule has 0 saturated carbocycles. The van der Waals surface area contributed by atoms with Crippen LogP contribution in [0.4, 0.5) is 0 Å². The molecule has 0 unspecified atom stereocenters. The number of hydrogen-bond acceptors (Lipinski definition) is 1. The molecule has 1 aromatic carbocycles. The van der Waals surface area contributed by atoms with E-state index in [1.54, 1.807) is 0 Å². The van der Waals surface area contributed by atoms with Crippen molar-refractivity contribution in [2.75, 3.05) is 0 Å². The fourth-order valence-electron chi connectivity index (χ4n) is 2.56. The number of rotatable bonds is 2. The van der Waals surface area contributed by atoms with Gasteiger partial charge in [-0.25, -0.2) is 0 Å². The standard InChI is InChI=1S/C19H24O/c20-19-14-10-5-3-1-2-4-9-13-18(19)16-15-17-11-7-6-8-12-17/h6-8,11-13,15-16H,1-5,9-10,14H2/b16-15+,18-13+. The zero-order chi connectivity index (χ0) is 14.0. The third-order valence-electron chi connectivity index (χ3n) is 3.80. The van der Waals surface area contributed by atoms with Gasteiger partial charge in [0.25, 0.3) is 0 Å². The highest BCUT2D eigenvalue weighted by atomic mass is 16.1. The maximum absolute atomic E-state index is 12.2. The van der Waals surface area contributed by atoms with E-state index in [1.165, 1.54) is 32.1 Å². The Bertz CT molecular complexity index is 468. The number of carbonyl (C=O) groups is 1. The average molecular weight is 268 g/mol. The van der Waals surface area contributed by atoms with Crippen LogP contribution in [0, 0.1) is 0 Å². The topological polar surface area (TPSA) is 17.1 Å². The first-order chi connectivity index (χ1) is 9.86. The molecule has 0 heterocycles. The van der Waals surface area contributed by atoms with Gasteiger partial charge < -0.3 is 0 Å². The largest absolute Gasteiger partial charge is 0.294 e. The lowest BCUT2D eigenvalue weighted by Gasteiger charge is -2.02. The van der Waals surface area contributed by atoms with Crippen LogP contribution in [0.25, 0.3) is 6.08 Å². The van der Waals surface area contributed by atoms with E-state index >= 15 is 0 Å². The molecule has 1 aliphatic rings. The van der Waals surface area contributed by atoms with Crippen LogP contribution in [0.3, 0.4) is 0 Å². The lowest BCUT2D eigenvalue weighted by molar-refractivity contribution is -0.115. The summed E-state index contributed by atoms with van der Waals surface area (Å²) in [6, 6.07) is 10.2. The number of ketones is 1. The second kappa shape index (κ2) is 8.52. The normalized spacial score (nSPS) is 21.2. The monoisotopic (exact) mass is 268 g/mol. The Hall–Kier alpha value is -1.63. The molecular weight excluding hydrogens is 244 g/mol. The van der Waals surface area contributed by atoms with Crippen molar-refractivity contribution in [3.63, 3.8) is 0 Å². The summed E-state index contributed by atoms with van der Waals surface area (Å²) in [5, 5.41) is 0. The van der Waals surface area contributed by atoms with Gasteiger partial charge in [0.2, 0.25) is 0 Å². The van der Waals surface area contributed by atoms with E-state index in [0.717, 1.165) is 24.0 Å². The minimum Gasteiger partial charge on any atom is -0.294 e. The molecule has 0 saturated heterocycles. The van der Waals surface area contributed by atoms with Crippen LogP contribution in [0.1, 0.15) is 56.9 Å². The lowest BCUT2D eigenvalue weighted by atomic mass is 10.0. The van der Waals surface area contributed by atoms with Crippen LogP contribution in [0.5, 0.6) is 0 Å². The van der Waals surface area contributed by atoms with E-state index in [9.17, 15) is 4.79 Å². The molecule has 0 radical (unpaired) electrons. The predicted octanol–water partition coefficient (Wildman–Crippen LogP) is 5.33. The van der Waals surface area contributed by atoms with Gasteiger partial charge in [-0.2, -0.15) is 0 Å². The van der Waals surface area contributed by atoms with Gasteiger partial charge in [0.15, 0.2) is 5.78 Å². The fraction of sp³-hybridized carbons (Fsp3) is 0.421. The Morgan fingerprint density at radius 2 is 1.50 bits per heavy atom. The van der Waals surface area contributed by atoms with Crippen molar-refractivity contribution in [1.82, 2.24) is 0 Å². The maximum Gasteiger partial charge on any atom is 0.162 e. The van der Waals surface area contributed by atoms with Crippen molar-refractivity contribution < 1.29 is 4.79 Å². The molecule has 1 heteroatoms. The molecular formula is C19H24O. The van der Waals surface area contributed by atoms with Gasteiger partial charge in [-0.3, -0.25) is 4.79 Å². The molecule has 0 amide bonds. The Balaban J connectivity index is 2.05. The number of benzene rings is 1. The van der Waals surface area contributed by atoms with E-state index in [2.05, 4.69) is 18.2 Å². The first kappa shape index (κ1) is 14.8. The SMILES string of the molecule is O=C1CCCCCCCC/C=C1\C=C\c1ccccc1. The molecule has 0 atom stereocenters. The van der Waals surface area contributed by atoms with Gasteiger partial charge in [-0.1, -0.05) is 74.2 Å². The summed E-state index contributed by atoms with van der Waals surface area (Å²) < 4.78 is 0. The van der Waals surface area contributed by atoms with Crippen LogP contribution in [0.15, 0.2) is 48.1 Å². The van der Waals surface area contributed by atoms with Gasteiger partial charge in [-0.05, 0) is 24.8 Å². The lowest BCUT2D eigenvalue weighted by Crippen LogP contribution is -2.00. The minimum absolute atomic E-state index is 0.305. The molecule has 0 spiro atoms. The maximum atomic E-state index is 12.2. The van der Waals surface area contributed by atoms with Crippen molar-refractivity contribution in [2.45, 2.75) is 51.4 Å². The van der Waals surface area contributed by atoms with Gasteiger partial charge in [0.05, 0.1) is 0 Å². The summed E-state index contributed by atoms with van der Waals surface area (Å²) in [5.74, 6) is 0.305. The van der Waals surface area contributed by atoms with E-state index in [-0.39, 0.29) is 0 Å². The van der Waals surface area contributed by atoms with E-state index in [0.29, 0.717) is 12.2 Å². The fourth-order valence-corrected chi connectivity index (χ4v) is 2.56. The van der Waals surface area contributed by atoms with E-state index in [4.69, 9.17) is 0 Å². The second-order valence-electron chi connectivity index (χ2n) is 5.49. The predicted molar refractivity (Wildman–Crippen MR) is 85.5 cm³/mol. The number of allylic oxidation sites excluding steroid dienone is 3. The zero-order valence-corrected chi connectivity index (χ0v) is 12.2. The van der Waals surface area contributed by atoms with Crippen molar-refractivity contribution in [3.8, 4) is 0 Å². The third kappa shape index (κ3) is 5.16. The van der Waals surface area contributed by atoms with Crippen molar-refractivity contribution in [2.24, 2.45) is 0 Å². The van der Waals surface area contributed by atoms with E-state index in [1.807, 2.05) is 30.4 Å². The van der Waals surface area contributed by atoms with Gasteiger partial charge >= 0.3 is 0 Å². The molecule has 0 bridgehead atoms. The molecule has 0 fully saturated rings. The molecule has 20 heavy (non-hydrogen) atoms. The number of hydrogen-bond donors (Lipinski definition) is 0. The second-order valence-corrected chi connectivity index (χ2v) is 5.49. The Kier molecular flexibility index (Phi) is 6.30. The zero-order valence-electron chi connectivity index (χ0n) is 12.2. The summed E-state index contributed by atoms with van der Waals surface area (Å²) in [7, 11) is 0. The van der Waals surface area contributed by atoms with Crippen LogP contribution in [0.2, 0.25) is 0 Å². The van der Waals surface area contributed by atoms with Gasteiger partial charge in [-0.15, -0.1) is 0 Å². The first-order valence-electron chi connectivity index (χ1n) is 7.83. The van der Waals surface area contributed by atoms with Crippen LogP contribution in [-0.2, 0) is 4.79 Å². The molecule has 1 nitrogen and oxygen atoms in total. The quantitative estimate of drug-likeness (QED) is 0.708. The highest BCUT2D eigenvalue weighted by Crippen LogP contribution is 2.16. The molecule has 1 aromatic rings. The Labute approximate surface area is 122 Å². The average Bonchev–Trinajstić information content (AvgIpc) is 2.53. The minimum atomic E-state index is 0.305. The summed E-state index contributed by atoms with van der Waals surface area (Å²) in [4.78, 5) is 12.2. The first-order valence-corrected chi connectivity index (χ1v) is 7.83. The molecule has 0 N–H and O–H groups in total. The third-order valence-corrected chi connectivity index (χ3v) is 3.80. The summed E-state index contributed by atoms with van der Waals surface area (Å²) in [6.45, 7) is 0. The van der Waals surface area contributed by atoms with Crippen LogP contribution >= 0.6 is 0 Å². The number of carbonyl (C=O) groups excluding carboxylic acids is 1. The van der Waals surface area contributed by atoms with Crippen molar-refractivity contribution >= 4 is 11.9 Å². The molecule has 1 aliphatic carbocycles. The van der Waals surface area contributed by atoms with Crippen LogP contribution in [-0.4, -0.2) is 5.78 Å². The van der Waals surface area contributed by atoms with Crippen molar-refractivity contribution in [1.29, 1.82) is 0 Å². The Morgan fingerprint density at radius 3 is 2.30 bits per heavy atom. The van der Waals surface area contributed by atoms with Crippen LogP contribution < -0.4 is 0 Å². The Morgan fingerprint density at radius 1 is 0.800 bits per heavy atom. The summed E-state index contributed by atoms with van der Waals surface area (Å²) in [6.07, 6.45) is 15.2. The highest BCUT2D eigenvalue weighted by Gasteiger charge is 2.07. The number of Topliss-reactive ketones (excluding diaryl/α,β-unsaturated/α-hetero) is 1. The molecule has 2 rings (SSSR count). The summed E-state index contributed by atoms with van der Waals surface area (Å²) in [5.41, 5.74) is 2.05. The molecule has 0 aliphatic heterocycles. The molecule has 0 aromatic heterocycles. The highest BCUT2D eigenvalue weighted by molar-refractivity contribution is 5.98. The van der Waals surface area contributed by atoms with E-state index < -0.39 is 0 Å².